The van der Waals surface area contributed by atoms with Crippen LogP contribution in [-0.4, -0.2) is 64.7 Å². The predicted octanol–water partition coefficient (Wildman–Crippen LogP) is 2.47. The first-order valence-electron chi connectivity index (χ1n) is 10.9. The molecule has 0 aliphatic carbocycles. The van der Waals surface area contributed by atoms with Gasteiger partial charge in [-0.3, -0.25) is 24.6 Å². The van der Waals surface area contributed by atoms with Crippen molar-refractivity contribution < 1.29 is 14.4 Å². The van der Waals surface area contributed by atoms with Gasteiger partial charge in [0.05, 0.1) is 10.0 Å². The third kappa shape index (κ3) is 4.43. The van der Waals surface area contributed by atoms with E-state index in [-0.39, 0.29) is 24.1 Å². The fourth-order valence-electron chi connectivity index (χ4n) is 4.74. The Balaban J connectivity index is 1.21. The van der Waals surface area contributed by atoms with Gasteiger partial charge in [0.15, 0.2) is 0 Å². The van der Waals surface area contributed by atoms with Gasteiger partial charge in [-0.2, -0.15) is 0 Å². The molecular formula is C23H23Cl2N5O3. The molecule has 0 saturated carbocycles. The zero-order valence-corrected chi connectivity index (χ0v) is 19.4. The van der Waals surface area contributed by atoms with Crippen LogP contribution in [-0.2, 0) is 22.7 Å². The summed E-state index contributed by atoms with van der Waals surface area (Å²) in [6.07, 6.45) is 2.23. The summed E-state index contributed by atoms with van der Waals surface area (Å²) in [5.74, 6) is -0.0602. The summed E-state index contributed by atoms with van der Waals surface area (Å²) in [6, 6.07) is 7.01. The highest BCUT2D eigenvalue weighted by molar-refractivity contribution is 6.36. The van der Waals surface area contributed by atoms with Crippen molar-refractivity contribution >= 4 is 46.7 Å². The van der Waals surface area contributed by atoms with Crippen LogP contribution < -0.4 is 10.2 Å². The van der Waals surface area contributed by atoms with Crippen molar-refractivity contribution in [1.29, 1.82) is 0 Å². The number of halogens is 2. The van der Waals surface area contributed by atoms with E-state index in [0.29, 0.717) is 28.6 Å². The molecule has 3 aliphatic rings. The van der Waals surface area contributed by atoms with Crippen molar-refractivity contribution in [2.75, 3.05) is 31.1 Å². The SMILES string of the molecule is O=C1CCC(N2Cc3cc(CN4CCN(c5ncc(Cl)cc5Cl)CC4)ccc3C2=O)C(=O)N1. The van der Waals surface area contributed by atoms with Crippen molar-refractivity contribution in [3.63, 3.8) is 0 Å². The fraction of sp³-hybridized carbons (Fsp3) is 0.391. The molecule has 2 saturated heterocycles. The van der Waals surface area contributed by atoms with Gasteiger partial charge in [-0.25, -0.2) is 4.98 Å². The molecule has 1 aromatic heterocycles. The van der Waals surface area contributed by atoms with Crippen molar-refractivity contribution in [2.24, 2.45) is 0 Å². The average molecular weight is 488 g/mol. The molecule has 3 aliphatic heterocycles. The number of hydrogen-bond acceptors (Lipinski definition) is 6. The normalized spacial score (nSPS) is 21.4. The van der Waals surface area contributed by atoms with E-state index >= 15 is 0 Å². The lowest BCUT2D eigenvalue weighted by atomic mass is 10.0. The number of nitrogens with one attached hydrogen (secondary N) is 1. The Hall–Kier alpha value is -2.68. The van der Waals surface area contributed by atoms with E-state index in [1.807, 2.05) is 12.1 Å². The molecule has 10 heteroatoms. The summed E-state index contributed by atoms with van der Waals surface area (Å²) < 4.78 is 0. The highest BCUT2D eigenvalue weighted by atomic mass is 35.5. The number of anilines is 1. The first kappa shape index (κ1) is 22.1. The van der Waals surface area contributed by atoms with Crippen LogP contribution in [0.25, 0.3) is 0 Å². The van der Waals surface area contributed by atoms with Gasteiger partial charge in [0.1, 0.15) is 11.9 Å². The van der Waals surface area contributed by atoms with Gasteiger partial charge in [0.2, 0.25) is 11.8 Å². The Labute approximate surface area is 201 Å². The van der Waals surface area contributed by atoms with Gasteiger partial charge in [0.25, 0.3) is 5.91 Å². The highest BCUT2D eigenvalue weighted by Gasteiger charge is 2.39. The van der Waals surface area contributed by atoms with E-state index in [9.17, 15) is 14.4 Å². The molecule has 1 atom stereocenters. The molecule has 4 heterocycles. The quantitative estimate of drug-likeness (QED) is 0.666. The standard InChI is InChI=1S/C23H23Cl2N5O3/c24-16-10-18(25)21(26-11-16)29-7-5-28(6-8-29)12-14-1-2-17-15(9-14)13-30(23(17)33)19-3-4-20(31)27-22(19)32/h1-2,9-11,19H,3-8,12-13H2,(H,27,31,32). The maximum Gasteiger partial charge on any atom is 0.255 e. The second-order valence-electron chi connectivity index (χ2n) is 8.61. The first-order chi connectivity index (χ1) is 15.9. The second-order valence-corrected chi connectivity index (χ2v) is 9.46. The zero-order chi connectivity index (χ0) is 23.1. The van der Waals surface area contributed by atoms with Crippen LogP contribution in [0.4, 0.5) is 5.82 Å². The number of fused-ring (bicyclic) bond motifs is 1. The molecule has 0 radical (unpaired) electrons. The topological polar surface area (TPSA) is 85.9 Å². The number of imide groups is 1. The van der Waals surface area contributed by atoms with Crippen molar-refractivity contribution in [1.82, 2.24) is 20.1 Å². The van der Waals surface area contributed by atoms with E-state index in [4.69, 9.17) is 23.2 Å². The highest BCUT2D eigenvalue weighted by Crippen LogP contribution is 2.29. The third-order valence-corrected chi connectivity index (χ3v) is 6.94. The largest absolute Gasteiger partial charge is 0.353 e. The van der Waals surface area contributed by atoms with Gasteiger partial charge in [-0.1, -0.05) is 35.3 Å². The Kier molecular flexibility index (Phi) is 5.99. The van der Waals surface area contributed by atoms with Crippen LogP contribution in [0, 0.1) is 0 Å². The first-order valence-corrected chi connectivity index (χ1v) is 11.7. The summed E-state index contributed by atoms with van der Waals surface area (Å²) in [5.41, 5.74) is 2.69. The van der Waals surface area contributed by atoms with E-state index in [0.717, 1.165) is 49.7 Å². The van der Waals surface area contributed by atoms with Crippen LogP contribution in [0.1, 0.15) is 34.3 Å². The van der Waals surface area contributed by atoms with E-state index in [1.165, 1.54) is 0 Å². The lowest BCUT2D eigenvalue weighted by molar-refractivity contribution is -0.136. The summed E-state index contributed by atoms with van der Waals surface area (Å²) >= 11 is 12.3. The number of hydrogen-bond donors (Lipinski definition) is 1. The molecule has 2 aromatic rings. The molecule has 3 amide bonds. The van der Waals surface area contributed by atoms with Crippen molar-refractivity contribution in [2.45, 2.75) is 32.0 Å². The van der Waals surface area contributed by atoms with Crippen LogP contribution >= 0.6 is 23.2 Å². The summed E-state index contributed by atoms with van der Waals surface area (Å²) in [6.45, 7) is 4.50. The number of piperidine rings is 1. The molecule has 0 spiro atoms. The number of nitrogens with zero attached hydrogens (tertiary/aromatic N) is 4. The Morgan fingerprint density at radius 1 is 1.06 bits per heavy atom. The second kappa shape index (κ2) is 8.93. The van der Waals surface area contributed by atoms with E-state index in [2.05, 4.69) is 26.2 Å². The van der Waals surface area contributed by atoms with Gasteiger partial charge < -0.3 is 9.80 Å². The third-order valence-electron chi connectivity index (χ3n) is 6.45. The minimum Gasteiger partial charge on any atom is -0.353 e. The van der Waals surface area contributed by atoms with E-state index < -0.39 is 6.04 Å². The smallest absolute Gasteiger partial charge is 0.255 e. The molecule has 172 valence electrons. The average Bonchev–Trinajstić information content (AvgIpc) is 3.10. The van der Waals surface area contributed by atoms with Crippen LogP contribution in [0.15, 0.2) is 30.5 Å². The van der Waals surface area contributed by atoms with Gasteiger partial charge in [-0.15, -0.1) is 0 Å². The van der Waals surface area contributed by atoms with Crippen LogP contribution in [0.5, 0.6) is 0 Å². The van der Waals surface area contributed by atoms with Crippen molar-refractivity contribution in [3.05, 3.63) is 57.2 Å². The minimum absolute atomic E-state index is 0.146. The summed E-state index contributed by atoms with van der Waals surface area (Å²) in [5, 5.41) is 3.42. The fourth-order valence-corrected chi connectivity index (χ4v) is 5.24. The summed E-state index contributed by atoms with van der Waals surface area (Å²) in [4.78, 5) is 47.0. The molecule has 1 aromatic carbocycles. The number of piperazine rings is 1. The van der Waals surface area contributed by atoms with E-state index in [1.54, 1.807) is 17.2 Å². The summed E-state index contributed by atoms with van der Waals surface area (Å²) in [7, 11) is 0. The van der Waals surface area contributed by atoms with Gasteiger partial charge in [0, 0.05) is 57.4 Å². The molecule has 2 fully saturated rings. The number of aromatic nitrogens is 1. The molecular weight excluding hydrogens is 465 g/mol. The number of amides is 3. The number of carbonyl (C=O) groups excluding carboxylic acids is 3. The lowest BCUT2D eigenvalue weighted by Gasteiger charge is -2.35. The van der Waals surface area contributed by atoms with Crippen LogP contribution in [0.3, 0.4) is 0 Å². The predicted molar refractivity (Wildman–Crippen MR) is 124 cm³/mol. The Bertz CT molecular complexity index is 1130. The zero-order valence-electron chi connectivity index (χ0n) is 17.9. The number of carbonyl (C=O) groups is 3. The number of pyridine rings is 1. The molecule has 33 heavy (non-hydrogen) atoms. The number of benzene rings is 1. The molecule has 0 bridgehead atoms. The monoisotopic (exact) mass is 487 g/mol. The Morgan fingerprint density at radius 2 is 1.85 bits per heavy atom. The molecule has 5 rings (SSSR count). The molecule has 1 N–H and O–H groups in total. The maximum atomic E-state index is 12.9. The van der Waals surface area contributed by atoms with Gasteiger partial charge in [-0.05, 0) is 29.7 Å². The molecule has 8 nitrogen and oxygen atoms in total. The maximum absolute atomic E-state index is 12.9. The lowest BCUT2D eigenvalue weighted by Crippen LogP contribution is -2.52. The Morgan fingerprint density at radius 3 is 2.58 bits per heavy atom. The van der Waals surface area contributed by atoms with Crippen molar-refractivity contribution in [3.8, 4) is 0 Å². The van der Waals surface area contributed by atoms with Crippen LogP contribution in [0.2, 0.25) is 10.0 Å². The minimum atomic E-state index is -0.590. The number of rotatable bonds is 4. The molecule has 1 unspecified atom stereocenters. The van der Waals surface area contributed by atoms with Gasteiger partial charge >= 0.3 is 0 Å².